The van der Waals surface area contributed by atoms with Crippen molar-refractivity contribution in [1.82, 2.24) is 0 Å². The molecule has 2 aromatic carbocycles. The van der Waals surface area contributed by atoms with Crippen molar-refractivity contribution in [3.63, 3.8) is 0 Å². The summed E-state index contributed by atoms with van der Waals surface area (Å²) in [6.07, 6.45) is 5.91. The first-order valence-electron chi connectivity index (χ1n) is 5.59. The summed E-state index contributed by atoms with van der Waals surface area (Å²) in [7, 11) is -0.801. The summed E-state index contributed by atoms with van der Waals surface area (Å²) in [5, 5.41) is 0. The van der Waals surface area contributed by atoms with Crippen molar-refractivity contribution >= 4 is 10.0 Å². The molecule has 0 N–H and O–H groups in total. The minimum Gasteiger partial charge on any atom is -0.193 e. The van der Waals surface area contributed by atoms with E-state index in [-0.39, 0.29) is 0 Å². The minimum atomic E-state index is -0.801. The Morgan fingerprint density at radius 3 is 1.69 bits per heavy atom. The van der Waals surface area contributed by atoms with Gasteiger partial charge in [0.05, 0.1) is 0 Å². The van der Waals surface area contributed by atoms with Gasteiger partial charge in [0.2, 0.25) is 0 Å². The molecule has 1 heterocycles. The maximum absolute atomic E-state index is 2.41. The van der Waals surface area contributed by atoms with E-state index in [2.05, 4.69) is 61.0 Å². The molecule has 0 amide bonds. The second-order valence-electron chi connectivity index (χ2n) is 4.72. The van der Waals surface area contributed by atoms with Gasteiger partial charge in [0.25, 0.3) is 0 Å². The van der Waals surface area contributed by atoms with Crippen LogP contribution in [0, 0.1) is 0 Å². The summed E-state index contributed by atoms with van der Waals surface area (Å²) in [6, 6.07) is 17.8. The molecule has 16 heavy (non-hydrogen) atoms. The predicted molar refractivity (Wildman–Crippen MR) is 71.7 cm³/mol. The van der Waals surface area contributed by atoms with E-state index in [4.69, 9.17) is 0 Å². The van der Waals surface area contributed by atoms with E-state index >= 15 is 0 Å². The standard InChI is InChI=1S/C15H16S/c1-16(2)14-9-5-3-7-12(14)11-13-8-4-6-10-15(13)16/h3-10H,11H2,1-2H3. The Morgan fingerprint density at radius 1 is 0.750 bits per heavy atom. The summed E-state index contributed by atoms with van der Waals surface area (Å²) >= 11 is 0. The minimum absolute atomic E-state index is 0.801. The third-order valence-electron chi connectivity index (χ3n) is 3.43. The van der Waals surface area contributed by atoms with Gasteiger partial charge in [-0.1, -0.05) is 36.4 Å². The van der Waals surface area contributed by atoms with E-state index < -0.39 is 10.0 Å². The lowest BCUT2D eigenvalue weighted by molar-refractivity contribution is 1.04. The molecular formula is C15H16S. The molecule has 82 valence electrons. The Kier molecular flexibility index (Phi) is 2.11. The summed E-state index contributed by atoms with van der Waals surface area (Å²) in [6.45, 7) is 0. The van der Waals surface area contributed by atoms with E-state index in [9.17, 15) is 0 Å². The van der Waals surface area contributed by atoms with Gasteiger partial charge >= 0.3 is 0 Å². The van der Waals surface area contributed by atoms with Gasteiger partial charge in [-0.05, 0) is 52.0 Å². The molecule has 0 radical (unpaired) electrons. The van der Waals surface area contributed by atoms with Crippen molar-refractivity contribution < 1.29 is 0 Å². The predicted octanol–water partition coefficient (Wildman–Crippen LogP) is 4.07. The Morgan fingerprint density at radius 2 is 1.19 bits per heavy atom. The van der Waals surface area contributed by atoms with Gasteiger partial charge in [-0.3, -0.25) is 0 Å². The zero-order chi connectivity index (χ0) is 11.2. The molecule has 0 nitrogen and oxygen atoms in total. The number of rotatable bonds is 0. The van der Waals surface area contributed by atoms with Crippen LogP contribution in [0.25, 0.3) is 0 Å². The zero-order valence-electron chi connectivity index (χ0n) is 9.73. The molecule has 1 heteroatoms. The molecule has 0 bridgehead atoms. The molecule has 0 saturated heterocycles. The van der Waals surface area contributed by atoms with Crippen molar-refractivity contribution in [2.24, 2.45) is 0 Å². The monoisotopic (exact) mass is 228 g/mol. The Labute approximate surface area is 98.6 Å². The van der Waals surface area contributed by atoms with Gasteiger partial charge in [0.1, 0.15) is 0 Å². The number of benzene rings is 2. The quantitative estimate of drug-likeness (QED) is 0.637. The lowest BCUT2D eigenvalue weighted by Gasteiger charge is -2.39. The smallest absolute Gasteiger partial charge is 0.000447 e. The van der Waals surface area contributed by atoms with E-state index in [1.165, 1.54) is 11.1 Å². The SMILES string of the molecule is CS1(C)c2ccccc2Cc2ccccc21. The van der Waals surface area contributed by atoms with Crippen LogP contribution in [0.2, 0.25) is 0 Å². The van der Waals surface area contributed by atoms with Gasteiger partial charge in [0, 0.05) is 0 Å². The molecule has 0 fully saturated rings. The van der Waals surface area contributed by atoms with Gasteiger partial charge in [-0.15, -0.1) is 0 Å². The van der Waals surface area contributed by atoms with Gasteiger partial charge in [-0.25, -0.2) is 0 Å². The third-order valence-corrected chi connectivity index (χ3v) is 6.42. The van der Waals surface area contributed by atoms with Crippen LogP contribution in [0.5, 0.6) is 0 Å². The summed E-state index contributed by atoms with van der Waals surface area (Å²) in [4.78, 5) is 3.13. The van der Waals surface area contributed by atoms with Crippen molar-refractivity contribution in [1.29, 1.82) is 0 Å². The van der Waals surface area contributed by atoms with Crippen molar-refractivity contribution in [3.8, 4) is 0 Å². The Hall–Kier alpha value is -1.21. The van der Waals surface area contributed by atoms with Crippen LogP contribution in [-0.2, 0) is 6.42 Å². The van der Waals surface area contributed by atoms with Crippen LogP contribution in [0.4, 0.5) is 0 Å². The largest absolute Gasteiger partial charge is 0.193 e. The average molecular weight is 228 g/mol. The van der Waals surface area contributed by atoms with Crippen LogP contribution in [0.1, 0.15) is 11.1 Å². The maximum Gasteiger partial charge on any atom is -0.000447 e. The van der Waals surface area contributed by atoms with Crippen LogP contribution in [0.15, 0.2) is 58.3 Å². The second-order valence-corrected chi connectivity index (χ2v) is 8.25. The van der Waals surface area contributed by atoms with E-state index in [1.54, 1.807) is 9.79 Å². The highest BCUT2D eigenvalue weighted by molar-refractivity contribution is 8.32. The van der Waals surface area contributed by atoms with Crippen LogP contribution in [-0.4, -0.2) is 12.5 Å². The molecule has 0 spiro atoms. The maximum atomic E-state index is 2.41. The summed E-state index contributed by atoms with van der Waals surface area (Å²) in [5.41, 5.74) is 3.03. The van der Waals surface area contributed by atoms with E-state index in [0.29, 0.717) is 0 Å². The lowest BCUT2D eigenvalue weighted by Crippen LogP contribution is -2.10. The third kappa shape index (κ3) is 1.31. The van der Waals surface area contributed by atoms with Crippen LogP contribution >= 0.6 is 10.0 Å². The molecule has 3 rings (SSSR count). The van der Waals surface area contributed by atoms with E-state index in [1.807, 2.05) is 0 Å². The summed E-state index contributed by atoms with van der Waals surface area (Å²) < 4.78 is 0. The molecule has 0 aromatic heterocycles. The average Bonchev–Trinajstić information content (AvgIpc) is 2.29. The lowest BCUT2D eigenvalue weighted by atomic mass is 10.0. The molecule has 0 unspecified atom stereocenters. The Bertz CT molecular complexity index is 493. The number of hydrogen-bond acceptors (Lipinski definition) is 0. The molecular weight excluding hydrogens is 212 g/mol. The number of hydrogen-bond donors (Lipinski definition) is 0. The highest BCUT2D eigenvalue weighted by Crippen LogP contribution is 2.61. The normalized spacial score (nSPS) is 18.4. The van der Waals surface area contributed by atoms with Crippen molar-refractivity contribution in [2.75, 3.05) is 12.5 Å². The topological polar surface area (TPSA) is 0 Å². The molecule has 2 aromatic rings. The van der Waals surface area contributed by atoms with Crippen LogP contribution < -0.4 is 0 Å². The van der Waals surface area contributed by atoms with E-state index in [0.717, 1.165) is 6.42 Å². The van der Waals surface area contributed by atoms with Crippen molar-refractivity contribution in [3.05, 3.63) is 59.7 Å². The Balaban J connectivity index is 2.28. The zero-order valence-corrected chi connectivity index (χ0v) is 10.6. The first-order chi connectivity index (χ1) is 7.69. The van der Waals surface area contributed by atoms with Gasteiger partial charge < -0.3 is 0 Å². The molecule has 0 aliphatic carbocycles. The van der Waals surface area contributed by atoms with Crippen LogP contribution in [0.3, 0.4) is 0 Å². The van der Waals surface area contributed by atoms with Crippen molar-refractivity contribution in [2.45, 2.75) is 16.2 Å². The first kappa shape index (κ1) is 9.98. The van der Waals surface area contributed by atoms with Gasteiger partial charge in [0.15, 0.2) is 0 Å². The summed E-state index contributed by atoms with van der Waals surface area (Å²) in [5.74, 6) is 0. The fraction of sp³-hybridized carbons (Fsp3) is 0.200. The number of fused-ring (bicyclic) bond motifs is 2. The molecule has 1 aliphatic rings. The first-order valence-corrected chi connectivity index (χ1v) is 8.04. The highest BCUT2D eigenvalue weighted by atomic mass is 32.3. The van der Waals surface area contributed by atoms with Gasteiger partial charge in [-0.2, -0.15) is 10.0 Å². The second kappa shape index (κ2) is 3.39. The molecule has 0 atom stereocenters. The fourth-order valence-corrected chi connectivity index (χ4v) is 5.28. The highest BCUT2D eigenvalue weighted by Gasteiger charge is 2.27. The molecule has 1 aliphatic heterocycles. The fourth-order valence-electron chi connectivity index (χ4n) is 2.62. The molecule has 0 saturated carbocycles.